The molecule has 0 aliphatic carbocycles. The van der Waals surface area contributed by atoms with E-state index in [4.69, 9.17) is 5.73 Å². The van der Waals surface area contributed by atoms with Crippen molar-refractivity contribution in [2.24, 2.45) is 0 Å². The topological polar surface area (TPSA) is 83.8 Å². The highest BCUT2D eigenvalue weighted by Gasteiger charge is 2.15. The van der Waals surface area contributed by atoms with Gasteiger partial charge in [0, 0.05) is 5.69 Å². The lowest BCUT2D eigenvalue weighted by molar-refractivity contribution is 0.102. The highest BCUT2D eigenvalue weighted by molar-refractivity contribution is 6.10. The van der Waals surface area contributed by atoms with E-state index in [0.29, 0.717) is 16.9 Å². The van der Waals surface area contributed by atoms with Crippen molar-refractivity contribution in [1.29, 1.82) is 0 Å². The average molecular weight is 280 g/mol. The Morgan fingerprint density at radius 3 is 2.48 bits per heavy atom. The molecule has 4 N–H and O–H groups in total. The lowest BCUT2D eigenvalue weighted by atomic mass is 10.0. The van der Waals surface area contributed by atoms with Gasteiger partial charge < -0.3 is 11.1 Å². The molecule has 0 spiro atoms. The number of nitrogens with zero attached hydrogens (tertiary/aromatic N) is 1. The smallest absolute Gasteiger partial charge is 0.257 e. The minimum absolute atomic E-state index is 0.231. The van der Waals surface area contributed by atoms with Crippen molar-refractivity contribution >= 4 is 28.1 Å². The minimum Gasteiger partial charge on any atom is -0.398 e. The number of amides is 1. The second-order valence-corrected chi connectivity index (χ2v) is 5.05. The van der Waals surface area contributed by atoms with Gasteiger partial charge in [-0.3, -0.25) is 9.89 Å². The van der Waals surface area contributed by atoms with Crippen molar-refractivity contribution in [2.45, 2.75) is 13.8 Å². The van der Waals surface area contributed by atoms with Crippen LogP contribution in [0.15, 0.2) is 36.4 Å². The lowest BCUT2D eigenvalue weighted by Gasteiger charge is -2.09. The number of carbonyl (C=O) groups excluding carboxylic acids is 1. The van der Waals surface area contributed by atoms with Crippen molar-refractivity contribution < 1.29 is 4.79 Å². The maximum absolute atomic E-state index is 12.4. The van der Waals surface area contributed by atoms with Crippen LogP contribution < -0.4 is 11.1 Å². The summed E-state index contributed by atoms with van der Waals surface area (Å²) in [6, 6.07) is 11.4. The lowest BCUT2D eigenvalue weighted by Crippen LogP contribution is -2.15. The molecule has 106 valence electrons. The summed E-state index contributed by atoms with van der Waals surface area (Å²) in [4.78, 5) is 12.4. The number of H-pyrrole nitrogens is 1. The summed E-state index contributed by atoms with van der Waals surface area (Å²) in [5, 5.41) is 11.8. The van der Waals surface area contributed by atoms with Gasteiger partial charge in [0.1, 0.15) is 0 Å². The molecule has 3 rings (SSSR count). The first kappa shape index (κ1) is 13.2. The van der Waals surface area contributed by atoms with Crippen LogP contribution in [0.3, 0.4) is 0 Å². The first-order chi connectivity index (χ1) is 10.1. The molecule has 0 bridgehead atoms. The van der Waals surface area contributed by atoms with Gasteiger partial charge in [0.25, 0.3) is 5.91 Å². The van der Waals surface area contributed by atoms with Crippen molar-refractivity contribution in [3.05, 3.63) is 53.3 Å². The molecule has 0 saturated carbocycles. The Hall–Kier alpha value is -2.82. The number of benzene rings is 2. The van der Waals surface area contributed by atoms with E-state index in [2.05, 4.69) is 15.5 Å². The molecule has 5 heteroatoms. The molecule has 1 heterocycles. The molecule has 2 aromatic carbocycles. The molecule has 1 amide bonds. The van der Waals surface area contributed by atoms with Gasteiger partial charge in [-0.2, -0.15) is 5.10 Å². The first-order valence-corrected chi connectivity index (χ1v) is 6.67. The molecule has 0 unspecified atom stereocenters. The van der Waals surface area contributed by atoms with Crippen LogP contribution in [0.2, 0.25) is 0 Å². The molecule has 21 heavy (non-hydrogen) atoms. The number of nitrogens with two attached hydrogens (primary N) is 1. The zero-order valence-corrected chi connectivity index (χ0v) is 11.9. The molecule has 0 saturated heterocycles. The maximum atomic E-state index is 12.4. The van der Waals surface area contributed by atoms with Gasteiger partial charge in [0.15, 0.2) is 0 Å². The maximum Gasteiger partial charge on any atom is 0.257 e. The molecule has 5 nitrogen and oxygen atoms in total. The predicted octanol–water partition coefficient (Wildman–Crippen LogP) is 3.01. The van der Waals surface area contributed by atoms with E-state index < -0.39 is 0 Å². The fourth-order valence-corrected chi connectivity index (χ4v) is 2.37. The minimum atomic E-state index is -0.231. The summed E-state index contributed by atoms with van der Waals surface area (Å²) < 4.78 is 0. The zero-order chi connectivity index (χ0) is 15.0. The summed E-state index contributed by atoms with van der Waals surface area (Å²) >= 11 is 0. The summed E-state index contributed by atoms with van der Waals surface area (Å²) in [7, 11) is 0. The van der Waals surface area contributed by atoms with E-state index in [1.165, 1.54) is 0 Å². The Balaban J connectivity index is 2.00. The van der Waals surface area contributed by atoms with Gasteiger partial charge in [0.2, 0.25) is 0 Å². The van der Waals surface area contributed by atoms with E-state index in [1.807, 2.05) is 50.2 Å². The number of fused-ring (bicyclic) bond motifs is 1. The molecule has 0 radical (unpaired) electrons. The van der Waals surface area contributed by atoms with Gasteiger partial charge >= 0.3 is 0 Å². The molecular weight excluding hydrogens is 264 g/mol. The van der Waals surface area contributed by atoms with Crippen LogP contribution in [0.1, 0.15) is 21.7 Å². The van der Waals surface area contributed by atoms with Gasteiger partial charge in [0.05, 0.1) is 22.6 Å². The van der Waals surface area contributed by atoms with Crippen LogP contribution in [0.5, 0.6) is 0 Å². The number of carbonyl (C=O) groups is 1. The molecule has 1 aromatic heterocycles. The molecule has 3 aromatic rings. The van der Waals surface area contributed by atoms with Crippen LogP contribution in [0, 0.1) is 13.8 Å². The normalized spacial score (nSPS) is 10.8. The fourth-order valence-electron chi connectivity index (χ4n) is 2.37. The first-order valence-electron chi connectivity index (χ1n) is 6.67. The van der Waals surface area contributed by atoms with Gasteiger partial charge in [-0.25, -0.2) is 0 Å². The molecule has 0 fully saturated rings. The predicted molar refractivity (Wildman–Crippen MR) is 84.4 cm³/mol. The van der Waals surface area contributed by atoms with Crippen LogP contribution in [0.4, 0.5) is 11.4 Å². The number of anilines is 2. The highest BCUT2D eigenvalue weighted by atomic mass is 16.1. The summed E-state index contributed by atoms with van der Waals surface area (Å²) in [6.45, 7) is 3.70. The van der Waals surface area contributed by atoms with Crippen LogP contribution in [-0.4, -0.2) is 16.1 Å². The average Bonchev–Trinajstić information content (AvgIpc) is 2.78. The van der Waals surface area contributed by atoms with E-state index in [1.54, 1.807) is 0 Å². The van der Waals surface area contributed by atoms with Crippen molar-refractivity contribution in [3.63, 3.8) is 0 Å². The van der Waals surface area contributed by atoms with Crippen molar-refractivity contribution in [2.75, 3.05) is 11.1 Å². The van der Waals surface area contributed by atoms with E-state index in [0.717, 1.165) is 22.2 Å². The Labute approximate surface area is 122 Å². The number of aryl methyl sites for hydroxylation is 2. The van der Waals surface area contributed by atoms with E-state index in [9.17, 15) is 4.79 Å². The van der Waals surface area contributed by atoms with E-state index in [-0.39, 0.29) is 5.91 Å². The Bertz CT molecular complexity index is 816. The fraction of sp³-hybridized carbons (Fsp3) is 0.125. The van der Waals surface area contributed by atoms with Gasteiger partial charge in [-0.05, 0) is 36.8 Å². The number of aromatic nitrogens is 2. The van der Waals surface area contributed by atoms with E-state index >= 15 is 0 Å². The summed E-state index contributed by atoms with van der Waals surface area (Å²) in [6.07, 6.45) is 0. The summed E-state index contributed by atoms with van der Waals surface area (Å²) in [5.41, 5.74) is 9.21. The van der Waals surface area contributed by atoms with Crippen molar-refractivity contribution in [1.82, 2.24) is 10.2 Å². The standard InChI is InChI=1S/C16H16N4O/c1-9-15(10(2)20-19-9)18-16(21)13-7-11-5-3-4-6-12(11)8-14(13)17/h3-8H,17H2,1-2H3,(H,18,21)(H,19,20). The Morgan fingerprint density at radius 2 is 1.86 bits per heavy atom. The molecule has 0 aliphatic heterocycles. The quantitative estimate of drug-likeness (QED) is 0.631. The zero-order valence-electron chi connectivity index (χ0n) is 11.9. The molecule has 0 aliphatic rings. The Morgan fingerprint density at radius 1 is 1.19 bits per heavy atom. The SMILES string of the molecule is Cc1n[nH]c(C)c1NC(=O)c1cc2ccccc2cc1N. The molecular formula is C16H16N4O. The van der Waals surface area contributed by atoms with Gasteiger partial charge in [-0.1, -0.05) is 24.3 Å². The number of hydrogen-bond acceptors (Lipinski definition) is 3. The number of nitrogen functional groups attached to an aromatic ring is 1. The second kappa shape index (κ2) is 4.94. The third kappa shape index (κ3) is 2.33. The van der Waals surface area contributed by atoms with Crippen LogP contribution in [-0.2, 0) is 0 Å². The number of hydrogen-bond donors (Lipinski definition) is 3. The van der Waals surface area contributed by atoms with Crippen LogP contribution in [0.25, 0.3) is 10.8 Å². The summed E-state index contributed by atoms with van der Waals surface area (Å²) in [5.74, 6) is -0.231. The number of aromatic amines is 1. The highest BCUT2D eigenvalue weighted by Crippen LogP contribution is 2.24. The monoisotopic (exact) mass is 280 g/mol. The number of rotatable bonds is 2. The third-order valence-corrected chi connectivity index (χ3v) is 3.53. The third-order valence-electron chi connectivity index (χ3n) is 3.53. The number of nitrogens with one attached hydrogen (secondary N) is 2. The largest absolute Gasteiger partial charge is 0.398 e. The van der Waals surface area contributed by atoms with Crippen molar-refractivity contribution in [3.8, 4) is 0 Å². The van der Waals surface area contributed by atoms with Crippen LogP contribution >= 0.6 is 0 Å². The Kier molecular flexibility index (Phi) is 3.10. The molecule has 0 atom stereocenters. The second-order valence-electron chi connectivity index (χ2n) is 5.05. The van der Waals surface area contributed by atoms with Gasteiger partial charge in [-0.15, -0.1) is 0 Å².